The van der Waals surface area contributed by atoms with Gasteiger partial charge in [-0.05, 0) is 68.0 Å². The van der Waals surface area contributed by atoms with Crippen molar-refractivity contribution >= 4 is 0 Å². The Hall–Kier alpha value is -1.91. The van der Waals surface area contributed by atoms with Crippen LogP contribution in [0.25, 0.3) is 0 Å². The van der Waals surface area contributed by atoms with E-state index in [-0.39, 0.29) is 0 Å². The van der Waals surface area contributed by atoms with Gasteiger partial charge in [-0.3, -0.25) is 9.88 Å². The highest BCUT2D eigenvalue weighted by Gasteiger charge is 2.19. The van der Waals surface area contributed by atoms with Gasteiger partial charge in [-0.2, -0.15) is 0 Å². The summed E-state index contributed by atoms with van der Waals surface area (Å²) in [4.78, 5) is 6.76. The van der Waals surface area contributed by atoms with Gasteiger partial charge in [0.15, 0.2) is 0 Å². The van der Waals surface area contributed by atoms with Crippen LogP contribution in [-0.2, 0) is 13.2 Å². The van der Waals surface area contributed by atoms with Gasteiger partial charge in [0.25, 0.3) is 0 Å². The number of aryl methyl sites for hydroxylation is 2. The molecule has 1 unspecified atom stereocenters. The molecule has 1 aromatic heterocycles. The molecule has 3 rings (SSSR count). The van der Waals surface area contributed by atoms with Crippen LogP contribution in [0.15, 0.2) is 36.5 Å². The fraction of sp³-hybridized carbons (Fsp3) is 0.476. The predicted octanol–water partition coefficient (Wildman–Crippen LogP) is 3.48. The minimum atomic E-state index is 0.300. The minimum Gasteiger partial charge on any atom is -0.487 e. The van der Waals surface area contributed by atoms with Crippen LogP contribution in [0, 0.1) is 19.8 Å². The highest BCUT2D eigenvalue weighted by Crippen LogP contribution is 2.27. The molecule has 0 spiro atoms. The van der Waals surface area contributed by atoms with Gasteiger partial charge in [0.05, 0.1) is 5.69 Å². The maximum atomic E-state index is 9.40. The molecule has 0 saturated carbocycles. The zero-order valence-electron chi connectivity index (χ0n) is 15.2. The quantitative estimate of drug-likeness (QED) is 0.874. The summed E-state index contributed by atoms with van der Waals surface area (Å²) < 4.78 is 6.02. The van der Waals surface area contributed by atoms with Crippen molar-refractivity contribution in [2.45, 2.75) is 39.8 Å². The van der Waals surface area contributed by atoms with Crippen LogP contribution in [0.1, 0.15) is 35.2 Å². The van der Waals surface area contributed by atoms with Gasteiger partial charge < -0.3 is 9.84 Å². The Kier molecular flexibility index (Phi) is 6.05. The summed E-state index contributed by atoms with van der Waals surface area (Å²) >= 11 is 0. The average Bonchev–Trinajstić information content (AvgIpc) is 2.62. The van der Waals surface area contributed by atoms with Gasteiger partial charge in [-0.25, -0.2) is 0 Å². The smallest absolute Gasteiger partial charge is 0.130 e. The molecule has 1 atom stereocenters. The van der Waals surface area contributed by atoms with Crippen molar-refractivity contribution in [3.05, 3.63) is 58.9 Å². The van der Waals surface area contributed by atoms with Crippen molar-refractivity contribution in [1.29, 1.82) is 0 Å². The Morgan fingerprint density at radius 3 is 2.72 bits per heavy atom. The average molecular weight is 340 g/mol. The summed E-state index contributed by atoms with van der Waals surface area (Å²) in [5.41, 5.74) is 4.59. The molecule has 134 valence electrons. The van der Waals surface area contributed by atoms with Crippen LogP contribution in [0.2, 0.25) is 0 Å². The molecular weight excluding hydrogens is 312 g/mol. The topological polar surface area (TPSA) is 45.6 Å². The number of aliphatic hydroxyl groups excluding tert-OH is 1. The second-order valence-corrected chi connectivity index (χ2v) is 7.09. The molecule has 1 aliphatic heterocycles. The maximum absolute atomic E-state index is 9.40. The lowest BCUT2D eigenvalue weighted by Crippen LogP contribution is -2.36. The number of likely N-dealkylation sites (tertiary alicyclic amines) is 1. The summed E-state index contributed by atoms with van der Waals surface area (Å²) in [5, 5.41) is 9.40. The van der Waals surface area contributed by atoms with E-state index < -0.39 is 0 Å². The van der Waals surface area contributed by atoms with E-state index in [9.17, 15) is 5.11 Å². The Morgan fingerprint density at radius 2 is 2.04 bits per heavy atom. The second-order valence-electron chi connectivity index (χ2n) is 7.09. The number of aromatic nitrogens is 1. The third kappa shape index (κ3) is 4.80. The Labute approximate surface area is 150 Å². The SMILES string of the molecule is Cc1cc(CN2CCCC(CO)C2)cc(C)c1OCc1ccccn1. The summed E-state index contributed by atoms with van der Waals surface area (Å²) in [6, 6.07) is 10.3. The highest BCUT2D eigenvalue weighted by molar-refractivity contribution is 5.43. The molecule has 25 heavy (non-hydrogen) atoms. The first-order chi connectivity index (χ1) is 12.2. The largest absolute Gasteiger partial charge is 0.487 e. The van der Waals surface area contributed by atoms with Crippen molar-refractivity contribution in [3.63, 3.8) is 0 Å². The molecule has 1 aliphatic rings. The van der Waals surface area contributed by atoms with Crippen LogP contribution in [-0.4, -0.2) is 34.7 Å². The fourth-order valence-electron chi connectivity index (χ4n) is 3.69. The van der Waals surface area contributed by atoms with Gasteiger partial charge in [-0.1, -0.05) is 18.2 Å². The number of nitrogens with zero attached hydrogens (tertiary/aromatic N) is 2. The van der Waals surface area contributed by atoms with Gasteiger partial charge in [0.1, 0.15) is 12.4 Å². The van der Waals surface area contributed by atoms with E-state index in [2.05, 4.69) is 35.9 Å². The van der Waals surface area contributed by atoms with Crippen LogP contribution >= 0.6 is 0 Å². The van der Waals surface area contributed by atoms with Gasteiger partial charge in [0, 0.05) is 25.9 Å². The maximum Gasteiger partial charge on any atom is 0.130 e. The number of hydrogen-bond acceptors (Lipinski definition) is 4. The second kappa shape index (κ2) is 8.45. The summed E-state index contributed by atoms with van der Waals surface area (Å²) in [5.74, 6) is 1.39. The first-order valence-electron chi connectivity index (χ1n) is 9.11. The first kappa shape index (κ1) is 17.9. The Bertz CT molecular complexity index is 665. The van der Waals surface area contributed by atoms with E-state index in [1.165, 1.54) is 23.1 Å². The van der Waals surface area contributed by atoms with E-state index in [0.29, 0.717) is 19.1 Å². The molecule has 0 bridgehead atoms. The number of ether oxygens (including phenoxy) is 1. The highest BCUT2D eigenvalue weighted by atomic mass is 16.5. The number of benzene rings is 1. The van der Waals surface area contributed by atoms with Crippen molar-refractivity contribution < 1.29 is 9.84 Å². The van der Waals surface area contributed by atoms with Crippen molar-refractivity contribution in [1.82, 2.24) is 9.88 Å². The summed E-state index contributed by atoms with van der Waals surface area (Å²) in [6.45, 7) is 8.06. The van der Waals surface area contributed by atoms with E-state index in [1.807, 2.05) is 18.2 Å². The number of aliphatic hydroxyl groups is 1. The van der Waals surface area contributed by atoms with Crippen molar-refractivity contribution in [3.8, 4) is 5.75 Å². The molecule has 4 nitrogen and oxygen atoms in total. The number of rotatable bonds is 6. The lowest BCUT2D eigenvalue weighted by molar-refractivity contribution is 0.116. The van der Waals surface area contributed by atoms with E-state index in [4.69, 9.17) is 4.74 Å². The summed E-state index contributed by atoms with van der Waals surface area (Å²) in [6.07, 6.45) is 4.11. The third-order valence-electron chi connectivity index (χ3n) is 4.88. The lowest BCUT2D eigenvalue weighted by atomic mass is 9.98. The Balaban J connectivity index is 1.65. The molecule has 1 N–H and O–H groups in total. The standard InChI is InChI=1S/C21H28N2O2/c1-16-10-19(13-23-9-5-6-18(12-23)14-24)11-17(2)21(16)25-15-20-7-3-4-8-22-20/h3-4,7-8,10-11,18,24H,5-6,9,12-15H2,1-2H3. The minimum absolute atomic E-state index is 0.300. The van der Waals surface area contributed by atoms with E-state index in [1.54, 1.807) is 6.20 Å². The molecular formula is C21H28N2O2. The van der Waals surface area contributed by atoms with Crippen LogP contribution < -0.4 is 4.74 Å². The van der Waals surface area contributed by atoms with Crippen LogP contribution in [0.3, 0.4) is 0 Å². The van der Waals surface area contributed by atoms with Crippen molar-refractivity contribution in [2.24, 2.45) is 5.92 Å². The predicted molar refractivity (Wildman–Crippen MR) is 99.6 cm³/mol. The van der Waals surface area contributed by atoms with Gasteiger partial charge >= 0.3 is 0 Å². The monoisotopic (exact) mass is 340 g/mol. The third-order valence-corrected chi connectivity index (χ3v) is 4.88. The normalized spacial score (nSPS) is 18.3. The lowest BCUT2D eigenvalue weighted by Gasteiger charge is -2.32. The first-order valence-corrected chi connectivity index (χ1v) is 9.11. The van der Waals surface area contributed by atoms with E-state index >= 15 is 0 Å². The molecule has 1 aromatic carbocycles. The molecule has 1 fully saturated rings. The molecule has 2 aromatic rings. The molecule has 0 amide bonds. The van der Waals surface area contributed by atoms with Gasteiger partial charge in [-0.15, -0.1) is 0 Å². The van der Waals surface area contributed by atoms with Crippen LogP contribution in [0.5, 0.6) is 5.75 Å². The molecule has 2 heterocycles. The molecule has 1 saturated heterocycles. The zero-order valence-corrected chi connectivity index (χ0v) is 15.2. The van der Waals surface area contributed by atoms with Crippen molar-refractivity contribution in [2.75, 3.05) is 19.7 Å². The fourth-order valence-corrected chi connectivity index (χ4v) is 3.69. The molecule has 4 heteroatoms. The van der Waals surface area contributed by atoms with Gasteiger partial charge in [0.2, 0.25) is 0 Å². The Morgan fingerprint density at radius 1 is 1.24 bits per heavy atom. The summed E-state index contributed by atoms with van der Waals surface area (Å²) in [7, 11) is 0. The zero-order chi connectivity index (χ0) is 17.6. The molecule has 0 radical (unpaired) electrons. The van der Waals surface area contributed by atoms with Crippen LogP contribution in [0.4, 0.5) is 0 Å². The number of hydrogen-bond donors (Lipinski definition) is 1. The van der Waals surface area contributed by atoms with E-state index in [0.717, 1.165) is 37.5 Å². The number of piperidine rings is 1. The molecule has 0 aliphatic carbocycles. The number of pyridine rings is 1.